The molecule has 0 bridgehead atoms. The zero-order chi connectivity index (χ0) is 11.5. The number of carbonyl (C=O) groups is 1. The summed E-state index contributed by atoms with van der Waals surface area (Å²) in [4.78, 5) is 11.2. The van der Waals surface area contributed by atoms with Gasteiger partial charge in [-0.1, -0.05) is 0 Å². The molecule has 1 rings (SSSR count). The highest BCUT2D eigenvalue weighted by molar-refractivity contribution is 5.72. The average molecular weight is 222 g/mol. The van der Waals surface area contributed by atoms with Crippen LogP contribution in [-0.4, -0.2) is 30.7 Å². The lowest BCUT2D eigenvalue weighted by molar-refractivity contribution is -0.151. The van der Waals surface area contributed by atoms with Gasteiger partial charge in [0.1, 0.15) is 0 Å². The van der Waals surface area contributed by atoms with E-state index in [1.165, 1.54) is 7.11 Å². The van der Waals surface area contributed by atoms with E-state index in [4.69, 9.17) is 5.11 Å². The summed E-state index contributed by atoms with van der Waals surface area (Å²) in [5.74, 6) is -3.94. The molecule has 1 aliphatic rings. The molecular weight excluding hydrogens is 206 g/mol. The number of carbonyl (C=O) groups excluding carboxylic acids is 1. The fourth-order valence-corrected chi connectivity index (χ4v) is 2.03. The fourth-order valence-electron chi connectivity index (χ4n) is 2.03. The number of hydrogen-bond donors (Lipinski definition) is 1. The summed E-state index contributed by atoms with van der Waals surface area (Å²) < 4.78 is 30.2. The number of methoxy groups -OCH3 is 1. The van der Waals surface area contributed by atoms with E-state index in [1.54, 1.807) is 0 Å². The first-order valence-electron chi connectivity index (χ1n) is 5.06. The molecule has 1 saturated carbocycles. The topological polar surface area (TPSA) is 46.5 Å². The van der Waals surface area contributed by atoms with Crippen LogP contribution >= 0.6 is 0 Å². The molecule has 0 radical (unpaired) electrons. The van der Waals surface area contributed by atoms with Crippen LogP contribution < -0.4 is 0 Å². The van der Waals surface area contributed by atoms with Gasteiger partial charge in [0.25, 0.3) is 0 Å². The standard InChI is InChI=1S/C10H16F2O3/c1-15-9(14)8(6-13)7-2-4-10(11,12)5-3-7/h7-8,13H,2-6H2,1H3. The predicted octanol–water partition coefficient (Wildman–Crippen LogP) is 1.59. The molecule has 3 nitrogen and oxygen atoms in total. The van der Waals surface area contributed by atoms with Gasteiger partial charge in [-0.25, -0.2) is 8.78 Å². The quantitative estimate of drug-likeness (QED) is 0.738. The Morgan fingerprint density at radius 3 is 2.47 bits per heavy atom. The molecule has 0 saturated heterocycles. The van der Waals surface area contributed by atoms with E-state index in [0.717, 1.165) is 0 Å². The number of aliphatic hydroxyl groups is 1. The van der Waals surface area contributed by atoms with Crippen molar-refractivity contribution >= 4 is 5.97 Å². The van der Waals surface area contributed by atoms with Crippen molar-refractivity contribution in [2.75, 3.05) is 13.7 Å². The summed E-state index contributed by atoms with van der Waals surface area (Å²) in [7, 11) is 1.24. The largest absolute Gasteiger partial charge is 0.469 e. The van der Waals surface area contributed by atoms with E-state index in [1.807, 2.05) is 0 Å². The molecule has 0 aromatic carbocycles. The van der Waals surface area contributed by atoms with Crippen molar-refractivity contribution in [3.8, 4) is 0 Å². The molecule has 1 N–H and O–H groups in total. The summed E-state index contributed by atoms with van der Waals surface area (Å²) in [5, 5.41) is 9.02. The first-order valence-corrected chi connectivity index (χ1v) is 5.06. The SMILES string of the molecule is COC(=O)C(CO)C1CCC(F)(F)CC1. The van der Waals surface area contributed by atoms with Crippen LogP contribution in [0.2, 0.25) is 0 Å². The van der Waals surface area contributed by atoms with Gasteiger partial charge >= 0.3 is 5.97 Å². The number of esters is 1. The average Bonchev–Trinajstić information content (AvgIpc) is 2.21. The minimum atomic E-state index is -2.60. The van der Waals surface area contributed by atoms with Crippen molar-refractivity contribution in [3.05, 3.63) is 0 Å². The highest BCUT2D eigenvalue weighted by Crippen LogP contribution is 2.39. The van der Waals surface area contributed by atoms with Crippen LogP contribution in [-0.2, 0) is 9.53 Å². The third-order valence-electron chi connectivity index (χ3n) is 3.03. The van der Waals surface area contributed by atoms with E-state index in [2.05, 4.69) is 4.74 Å². The molecule has 1 unspecified atom stereocenters. The molecule has 0 amide bonds. The highest BCUT2D eigenvalue weighted by atomic mass is 19.3. The lowest BCUT2D eigenvalue weighted by atomic mass is 9.79. The number of ether oxygens (including phenoxy) is 1. The molecule has 5 heteroatoms. The van der Waals surface area contributed by atoms with Gasteiger partial charge in [0.05, 0.1) is 19.6 Å². The minimum Gasteiger partial charge on any atom is -0.469 e. The third-order valence-corrected chi connectivity index (χ3v) is 3.03. The minimum absolute atomic E-state index is 0.179. The molecule has 0 spiro atoms. The molecule has 1 atom stereocenters. The maximum Gasteiger partial charge on any atom is 0.311 e. The van der Waals surface area contributed by atoms with Crippen LogP contribution in [0, 0.1) is 11.8 Å². The lowest BCUT2D eigenvalue weighted by Gasteiger charge is -2.31. The molecule has 1 fully saturated rings. The molecule has 0 aromatic rings. The van der Waals surface area contributed by atoms with Crippen LogP contribution in [0.15, 0.2) is 0 Å². The van der Waals surface area contributed by atoms with Crippen LogP contribution in [0.5, 0.6) is 0 Å². The van der Waals surface area contributed by atoms with Crippen LogP contribution in [0.4, 0.5) is 8.78 Å². The summed E-state index contributed by atoms with van der Waals surface area (Å²) in [5.41, 5.74) is 0. The van der Waals surface area contributed by atoms with Gasteiger partial charge in [0.2, 0.25) is 5.92 Å². The summed E-state index contributed by atoms with van der Waals surface area (Å²) in [6.07, 6.45) is 0.136. The third kappa shape index (κ3) is 3.12. The molecule has 0 aromatic heterocycles. The van der Waals surface area contributed by atoms with Gasteiger partial charge in [-0.2, -0.15) is 0 Å². The summed E-state index contributed by atoms with van der Waals surface area (Å²) in [6.45, 7) is -0.330. The number of alkyl halides is 2. The van der Waals surface area contributed by atoms with Gasteiger partial charge in [0.15, 0.2) is 0 Å². The van der Waals surface area contributed by atoms with Gasteiger partial charge in [-0.15, -0.1) is 0 Å². The number of rotatable bonds is 3. The van der Waals surface area contributed by atoms with Gasteiger partial charge < -0.3 is 9.84 Å². The van der Waals surface area contributed by atoms with Crippen molar-refractivity contribution in [1.29, 1.82) is 0 Å². The monoisotopic (exact) mass is 222 g/mol. The molecule has 1 aliphatic carbocycles. The van der Waals surface area contributed by atoms with Gasteiger partial charge in [-0.3, -0.25) is 4.79 Å². The number of aliphatic hydroxyl groups excluding tert-OH is 1. The first-order chi connectivity index (χ1) is 7.00. The Labute approximate surface area is 87.4 Å². The lowest BCUT2D eigenvalue weighted by Crippen LogP contribution is -2.34. The number of hydrogen-bond acceptors (Lipinski definition) is 3. The van der Waals surface area contributed by atoms with Crippen molar-refractivity contribution in [2.24, 2.45) is 11.8 Å². The maximum absolute atomic E-state index is 12.8. The number of halogens is 2. The van der Waals surface area contributed by atoms with E-state index >= 15 is 0 Å². The van der Waals surface area contributed by atoms with Crippen LogP contribution in [0.1, 0.15) is 25.7 Å². The molecule has 0 heterocycles. The van der Waals surface area contributed by atoms with E-state index in [-0.39, 0.29) is 38.2 Å². The second-order valence-electron chi connectivity index (χ2n) is 4.01. The Bertz CT molecular complexity index is 221. The molecule has 0 aliphatic heterocycles. The van der Waals surface area contributed by atoms with Crippen LogP contribution in [0.3, 0.4) is 0 Å². The molecule has 15 heavy (non-hydrogen) atoms. The van der Waals surface area contributed by atoms with E-state index in [9.17, 15) is 13.6 Å². The second kappa shape index (κ2) is 4.88. The Morgan fingerprint density at radius 2 is 2.07 bits per heavy atom. The molecule has 88 valence electrons. The maximum atomic E-state index is 12.8. The van der Waals surface area contributed by atoms with Crippen molar-refractivity contribution in [3.63, 3.8) is 0 Å². The highest BCUT2D eigenvalue weighted by Gasteiger charge is 2.39. The Kier molecular flexibility index (Phi) is 4.02. The first kappa shape index (κ1) is 12.4. The second-order valence-corrected chi connectivity index (χ2v) is 4.01. The van der Waals surface area contributed by atoms with Gasteiger partial charge in [-0.05, 0) is 18.8 Å². The van der Waals surface area contributed by atoms with Gasteiger partial charge in [0, 0.05) is 12.8 Å². The van der Waals surface area contributed by atoms with Crippen molar-refractivity contribution in [1.82, 2.24) is 0 Å². The summed E-state index contributed by atoms with van der Waals surface area (Å²) in [6, 6.07) is 0. The Hall–Kier alpha value is -0.710. The predicted molar refractivity (Wildman–Crippen MR) is 49.5 cm³/mol. The summed E-state index contributed by atoms with van der Waals surface area (Å²) >= 11 is 0. The Balaban J connectivity index is 2.54. The zero-order valence-electron chi connectivity index (χ0n) is 8.71. The van der Waals surface area contributed by atoms with Crippen LogP contribution in [0.25, 0.3) is 0 Å². The smallest absolute Gasteiger partial charge is 0.311 e. The fraction of sp³-hybridized carbons (Fsp3) is 0.900. The van der Waals surface area contributed by atoms with E-state index < -0.39 is 17.8 Å². The molecular formula is C10H16F2O3. The van der Waals surface area contributed by atoms with E-state index in [0.29, 0.717) is 0 Å². The van der Waals surface area contributed by atoms with Crippen molar-refractivity contribution < 1.29 is 23.4 Å². The zero-order valence-corrected chi connectivity index (χ0v) is 8.71. The Morgan fingerprint density at radius 1 is 1.53 bits per heavy atom. The normalized spacial score (nSPS) is 23.5. The van der Waals surface area contributed by atoms with Crippen molar-refractivity contribution in [2.45, 2.75) is 31.6 Å².